The Morgan fingerprint density at radius 2 is 2.03 bits per heavy atom. The van der Waals surface area contributed by atoms with Crippen molar-refractivity contribution in [1.29, 1.82) is 0 Å². The van der Waals surface area contributed by atoms with E-state index in [4.69, 9.17) is 17.0 Å². The summed E-state index contributed by atoms with van der Waals surface area (Å²) >= 11 is 7.11. The predicted octanol–water partition coefficient (Wildman–Crippen LogP) is 4.86. The van der Waals surface area contributed by atoms with Gasteiger partial charge in [-0.05, 0) is 56.0 Å². The first kappa shape index (κ1) is 20.6. The van der Waals surface area contributed by atoms with Crippen molar-refractivity contribution in [2.75, 3.05) is 17.2 Å². The van der Waals surface area contributed by atoms with Crippen molar-refractivity contribution >= 4 is 45.3 Å². The number of esters is 1. The third kappa shape index (κ3) is 4.71. The molecule has 30 heavy (non-hydrogen) atoms. The van der Waals surface area contributed by atoms with Crippen molar-refractivity contribution in [1.82, 2.24) is 9.78 Å². The van der Waals surface area contributed by atoms with Crippen LogP contribution in [0.3, 0.4) is 0 Å². The Hall–Kier alpha value is -2.71. The minimum atomic E-state index is -0.280. The summed E-state index contributed by atoms with van der Waals surface area (Å²) in [6.45, 7) is 2.86. The van der Waals surface area contributed by atoms with Gasteiger partial charge in [0.15, 0.2) is 5.11 Å². The first-order valence-corrected chi connectivity index (χ1v) is 11.3. The number of carbonyl (C=O) groups is 1. The van der Waals surface area contributed by atoms with Crippen LogP contribution in [0.1, 0.15) is 46.1 Å². The van der Waals surface area contributed by atoms with Crippen LogP contribution in [0, 0.1) is 0 Å². The van der Waals surface area contributed by atoms with E-state index in [0.717, 1.165) is 41.9 Å². The molecule has 0 fully saturated rings. The molecule has 6 nitrogen and oxygen atoms in total. The summed E-state index contributed by atoms with van der Waals surface area (Å²) in [4.78, 5) is 13.8. The lowest BCUT2D eigenvalue weighted by Gasteiger charge is -2.13. The monoisotopic (exact) mass is 440 g/mol. The van der Waals surface area contributed by atoms with Crippen LogP contribution in [-0.4, -0.2) is 27.5 Å². The van der Waals surface area contributed by atoms with Gasteiger partial charge in [0.1, 0.15) is 5.00 Å². The Labute approximate surface area is 185 Å². The lowest BCUT2D eigenvalue weighted by atomic mass is 9.95. The molecule has 0 spiro atoms. The summed E-state index contributed by atoms with van der Waals surface area (Å²) in [5.74, 6) is -0.280. The van der Waals surface area contributed by atoms with E-state index >= 15 is 0 Å². The highest BCUT2D eigenvalue weighted by Crippen LogP contribution is 2.38. The van der Waals surface area contributed by atoms with Crippen molar-refractivity contribution in [2.24, 2.45) is 0 Å². The number of benzene rings is 1. The number of nitrogens with zero attached hydrogens (tertiary/aromatic N) is 2. The molecule has 4 rings (SSSR count). The van der Waals surface area contributed by atoms with Gasteiger partial charge in [0.05, 0.1) is 30.6 Å². The van der Waals surface area contributed by atoms with Crippen LogP contribution >= 0.6 is 23.6 Å². The molecule has 0 radical (unpaired) electrons. The number of ether oxygens (including phenoxy) is 1. The number of nitrogens with one attached hydrogen (secondary N) is 2. The van der Waals surface area contributed by atoms with Gasteiger partial charge in [-0.25, -0.2) is 4.79 Å². The number of aryl methyl sites for hydroxylation is 1. The molecule has 1 aromatic carbocycles. The van der Waals surface area contributed by atoms with Gasteiger partial charge < -0.3 is 15.4 Å². The van der Waals surface area contributed by atoms with Crippen molar-refractivity contribution in [3.63, 3.8) is 0 Å². The van der Waals surface area contributed by atoms with Gasteiger partial charge in [-0.1, -0.05) is 30.3 Å². The first-order chi connectivity index (χ1) is 14.6. The van der Waals surface area contributed by atoms with Gasteiger partial charge in [-0.15, -0.1) is 11.3 Å². The Balaban J connectivity index is 1.45. The van der Waals surface area contributed by atoms with Gasteiger partial charge in [-0.3, -0.25) is 4.68 Å². The lowest BCUT2D eigenvalue weighted by Crippen LogP contribution is -2.20. The molecular formula is C22H24N4O2S2. The van der Waals surface area contributed by atoms with E-state index in [1.54, 1.807) is 17.5 Å². The predicted molar refractivity (Wildman–Crippen MR) is 125 cm³/mol. The number of aromatic nitrogens is 2. The topological polar surface area (TPSA) is 68.2 Å². The van der Waals surface area contributed by atoms with E-state index in [1.165, 1.54) is 10.4 Å². The van der Waals surface area contributed by atoms with Gasteiger partial charge >= 0.3 is 5.97 Å². The maximum Gasteiger partial charge on any atom is 0.341 e. The van der Waals surface area contributed by atoms with Crippen molar-refractivity contribution in [2.45, 2.75) is 39.2 Å². The number of hydrogen-bond acceptors (Lipinski definition) is 5. The summed E-state index contributed by atoms with van der Waals surface area (Å²) in [5, 5.41) is 12.0. The zero-order valence-corrected chi connectivity index (χ0v) is 18.4. The molecule has 156 valence electrons. The highest BCUT2D eigenvalue weighted by molar-refractivity contribution is 7.80. The number of fused-ring (bicyclic) bond motifs is 1. The second-order valence-electron chi connectivity index (χ2n) is 7.13. The van der Waals surface area contributed by atoms with Gasteiger partial charge in [-0.2, -0.15) is 5.10 Å². The van der Waals surface area contributed by atoms with Crippen LogP contribution in [0.25, 0.3) is 0 Å². The SMILES string of the molecule is CCOC(=O)c1c(NC(=S)Nc2cnn(Cc3ccccc3)c2)sc2c1CCCC2. The van der Waals surface area contributed by atoms with Crippen molar-refractivity contribution in [3.05, 3.63) is 64.3 Å². The molecule has 1 aliphatic carbocycles. The first-order valence-electron chi connectivity index (χ1n) is 10.1. The van der Waals surface area contributed by atoms with Crippen LogP contribution in [-0.2, 0) is 24.1 Å². The van der Waals surface area contributed by atoms with Gasteiger partial charge in [0.25, 0.3) is 0 Å². The van der Waals surface area contributed by atoms with Crippen molar-refractivity contribution in [3.8, 4) is 0 Å². The number of anilines is 2. The number of rotatable bonds is 6. The number of hydrogen-bond donors (Lipinski definition) is 2. The second-order valence-corrected chi connectivity index (χ2v) is 8.64. The summed E-state index contributed by atoms with van der Waals surface area (Å²) in [6, 6.07) is 10.2. The molecule has 8 heteroatoms. The molecule has 2 heterocycles. The molecule has 0 saturated heterocycles. The maximum absolute atomic E-state index is 12.6. The summed E-state index contributed by atoms with van der Waals surface area (Å²) < 4.78 is 7.16. The van der Waals surface area contributed by atoms with Gasteiger partial charge in [0.2, 0.25) is 0 Å². The van der Waals surface area contributed by atoms with E-state index in [1.807, 2.05) is 36.0 Å². The fourth-order valence-corrected chi connectivity index (χ4v) is 5.19. The standard InChI is InChI=1S/C22H24N4O2S2/c1-2-28-21(27)19-17-10-6-7-11-18(17)30-20(19)25-22(29)24-16-12-23-26(14-16)13-15-8-4-3-5-9-15/h3-5,8-9,12,14H,2,6-7,10-11,13H2,1H3,(H2,24,25,29). The maximum atomic E-state index is 12.6. The second kappa shape index (κ2) is 9.40. The van der Waals surface area contributed by atoms with Gasteiger partial charge in [0, 0.05) is 11.1 Å². The zero-order chi connectivity index (χ0) is 20.9. The fourth-order valence-electron chi connectivity index (χ4n) is 3.62. The molecule has 0 aliphatic heterocycles. The fraction of sp³-hybridized carbons (Fsp3) is 0.318. The number of thiophene rings is 1. The van der Waals surface area contributed by atoms with E-state index < -0.39 is 0 Å². The smallest absolute Gasteiger partial charge is 0.341 e. The van der Waals surface area contributed by atoms with Crippen molar-refractivity contribution < 1.29 is 9.53 Å². The third-order valence-electron chi connectivity index (χ3n) is 4.96. The van der Waals surface area contributed by atoms with E-state index in [9.17, 15) is 4.79 Å². The quantitative estimate of drug-likeness (QED) is 0.422. The molecule has 0 unspecified atom stereocenters. The normalized spacial score (nSPS) is 12.8. The molecule has 3 aromatic rings. The zero-order valence-electron chi connectivity index (χ0n) is 16.8. The van der Waals surface area contributed by atoms with E-state index in [-0.39, 0.29) is 5.97 Å². The Bertz CT molecular complexity index is 1040. The summed E-state index contributed by atoms with van der Waals surface area (Å²) in [6.07, 6.45) is 7.81. The minimum absolute atomic E-state index is 0.280. The third-order valence-corrected chi connectivity index (χ3v) is 6.37. The summed E-state index contributed by atoms with van der Waals surface area (Å²) in [7, 11) is 0. The average Bonchev–Trinajstić information content (AvgIpc) is 3.32. The molecule has 0 bridgehead atoms. The Kier molecular flexibility index (Phi) is 6.44. The molecule has 2 aromatic heterocycles. The lowest BCUT2D eigenvalue weighted by molar-refractivity contribution is 0.0526. The molecule has 2 N–H and O–H groups in total. The molecule has 0 amide bonds. The van der Waals surface area contributed by atoms with E-state index in [2.05, 4.69) is 27.9 Å². The number of carbonyl (C=O) groups excluding carboxylic acids is 1. The van der Waals surface area contributed by atoms with E-state index in [0.29, 0.717) is 23.8 Å². The van der Waals surface area contributed by atoms with Crippen LogP contribution in [0.4, 0.5) is 10.7 Å². The molecule has 0 atom stereocenters. The highest BCUT2D eigenvalue weighted by atomic mass is 32.1. The average molecular weight is 441 g/mol. The Morgan fingerprint density at radius 1 is 1.23 bits per heavy atom. The molecule has 0 saturated carbocycles. The van der Waals surface area contributed by atoms with Crippen LogP contribution in [0.15, 0.2) is 42.7 Å². The summed E-state index contributed by atoms with van der Waals surface area (Å²) in [5.41, 5.74) is 3.73. The van der Waals surface area contributed by atoms with Crippen LogP contribution in [0.5, 0.6) is 0 Å². The van der Waals surface area contributed by atoms with Crippen LogP contribution < -0.4 is 10.6 Å². The molecule has 1 aliphatic rings. The minimum Gasteiger partial charge on any atom is -0.462 e. The largest absolute Gasteiger partial charge is 0.462 e. The van der Waals surface area contributed by atoms with Crippen LogP contribution in [0.2, 0.25) is 0 Å². The Morgan fingerprint density at radius 3 is 2.83 bits per heavy atom. The number of thiocarbonyl (C=S) groups is 1. The highest BCUT2D eigenvalue weighted by Gasteiger charge is 2.26. The molecular weight excluding hydrogens is 416 g/mol.